The minimum absolute atomic E-state index is 0.176. The van der Waals surface area contributed by atoms with Crippen LogP contribution in [-0.4, -0.2) is 20.4 Å². The molecule has 5 nitrogen and oxygen atoms in total. The van der Waals surface area contributed by atoms with Crippen molar-refractivity contribution < 1.29 is 13.2 Å². The zero-order chi connectivity index (χ0) is 20.1. The van der Waals surface area contributed by atoms with Gasteiger partial charge >= 0.3 is 0 Å². The fraction of sp³-hybridized carbons (Fsp3) is 0.150. The average Bonchev–Trinajstić information content (AvgIpc) is 3.20. The number of carbonyl (C=O) groups is 1. The second-order valence-electron chi connectivity index (χ2n) is 6.27. The van der Waals surface area contributed by atoms with Gasteiger partial charge in [0.2, 0.25) is 5.91 Å². The minimum atomic E-state index is -3.79. The van der Waals surface area contributed by atoms with Gasteiger partial charge in [0.15, 0.2) is 0 Å². The van der Waals surface area contributed by atoms with Crippen LogP contribution < -0.4 is 10.0 Å². The van der Waals surface area contributed by atoms with Crippen molar-refractivity contribution in [1.29, 1.82) is 0 Å². The van der Waals surface area contributed by atoms with Crippen molar-refractivity contribution in [3.63, 3.8) is 0 Å². The Labute approximate surface area is 177 Å². The van der Waals surface area contributed by atoms with E-state index in [1.165, 1.54) is 6.07 Å². The third-order valence-electron chi connectivity index (χ3n) is 4.04. The molecule has 1 aromatic heterocycles. The van der Waals surface area contributed by atoms with Gasteiger partial charge in [0.25, 0.3) is 10.0 Å². The highest BCUT2D eigenvalue weighted by Gasteiger charge is 2.27. The normalized spacial score (nSPS) is 12.5. The summed E-state index contributed by atoms with van der Waals surface area (Å²) in [5, 5.41) is 4.50. The van der Waals surface area contributed by atoms with Gasteiger partial charge in [-0.2, -0.15) is 4.72 Å². The molecule has 0 saturated heterocycles. The summed E-state index contributed by atoms with van der Waals surface area (Å²) in [5.74, 6) is -0.423. The van der Waals surface area contributed by atoms with E-state index < -0.39 is 22.0 Å². The number of thiophene rings is 1. The number of nitrogens with one attached hydrogen (secondary N) is 2. The van der Waals surface area contributed by atoms with Crippen LogP contribution in [0.4, 0.5) is 5.69 Å². The lowest BCUT2D eigenvalue weighted by Crippen LogP contribution is -2.45. The third kappa shape index (κ3) is 5.29. The van der Waals surface area contributed by atoms with E-state index in [1.54, 1.807) is 17.5 Å². The van der Waals surface area contributed by atoms with Crippen LogP contribution >= 0.6 is 27.3 Å². The van der Waals surface area contributed by atoms with Gasteiger partial charge in [-0.05, 0) is 64.0 Å². The van der Waals surface area contributed by atoms with E-state index in [9.17, 15) is 13.2 Å². The van der Waals surface area contributed by atoms with E-state index in [4.69, 9.17) is 0 Å². The number of aryl methyl sites for hydroxylation is 1. The van der Waals surface area contributed by atoms with E-state index in [0.717, 1.165) is 26.9 Å². The topological polar surface area (TPSA) is 75.3 Å². The summed E-state index contributed by atoms with van der Waals surface area (Å²) in [5.41, 5.74) is 2.49. The van der Waals surface area contributed by atoms with Crippen molar-refractivity contribution in [1.82, 2.24) is 4.72 Å². The number of benzene rings is 2. The number of sulfonamides is 1. The number of anilines is 1. The highest BCUT2D eigenvalue weighted by atomic mass is 79.9. The minimum Gasteiger partial charge on any atom is -0.324 e. The van der Waals surface area contributed by atoms with Crippen LogP contribution in [0.1, 0.15) is 11.1 Å². The van der Waals surface area contributed by atoms with Gasteiger partial charge in [0, 0.05) is 4.47 Å². The zero-order valence-electron chi connectivity index (χ0n) is 15.1. The maximum Gasteiger partial charge on any atom is 0.250 e. The summed E-state index contributed by atoms with van der Waals surface area (Å²) in [4.78, 5) is 12.9. The Balaban J connectivity index is 1.85. The molecule has 0 aliphatic heterocycles. The first-order chi connectivity index (χ1) is 13.3. The highest BCUT2D eigenvalue weighted by molar-refractivity contribution is 9.10. The Kier molecular flexibility index (Phi) is 6.66. The van der Waals surface area contributed by atoms with E-state index in [2.05, 4.69) is 26.0 Å². The Morgan fingerprint density at radius 3 is 2.50 bits per heavy atom. The molecule has 0 aliphatic rings. The lowest BCUT2D eigenvalue weighted by Gasteiger charge is -2.19. The molecule has 0 bridgehead atoms. The molecule has 146 valence electrons. The lowest BCUT2D eigenvalue weighted by molar-refractivity contribution is -0.117. The van der Waals surface area contributed by atoms with Gasteiger partial charge in [-0.3, -0.25) is 4.79 Å². The smallest absolute Gasteiger partial charge is 0.250 e. The molecule has 0 saturated carbocycles. The number of rotatable bonds is 7. The molecule has 1 heterocycles. The molecule has 0 unspecified atom stereocenters. The van der Waals surface area contributed by atoms with Gasteiger partial charge < -0.3 is 5.32 Å². The molecule has 3 aromatic rings. The molecule has 1 atom stereocenters. The van der Waals surface area contributed by atoms with Crippen LogP contribution in [0.25, 0.3) is 0 Å². The number of hydrogen-bond acceptors (Lipinski definition) is 4. The number of amides is 1. The van der Waals surface area contributed by atoms with Crippen LogP contribution in [0.15, 0.2) is 74.7 Å². The molecular formula is C20H19BrN2O3S2. The first-order valence-electron chi connectivity index (χ1n) is 8.52. The largest absolute Gasteiger partial charge is 0.324 e. The molecule has 2 N–H and O–H groups in total. The van der Waals surface area contributed by atoms with Crippen molar-refractivity contribution in [2.45, 2.75) is 23.6 Å². The fourth-order valence-electron chi connectivity index (χ4n) is 2.64. The monoisotopic (exact) mass is 478 g/mol. The predicted octanol–water partition coefficient (Wildman–Crippen LogP) is 4.35. The van der Waals surface area contributed by atoms with Crippen molar-refractivity contribution in [3.8, 4) is 0 Å². The maximum absolute atomic E-state index is 12.9. The Hall–Kier alpha value is -2.00. The van der Waals surface area contributed by atoms with Crippen molar-refractivity contribution in [2.75, 3.05) is 5.32 Å². The first kappa shape index (κ1) is 20.7. The predicted molar refractivity (Wildman–Crippen MR) is 116 cm³/mol. The van der Waals surface area contributed by atoms with Gasteiger partial charge in [0.05, 0.1) is 5.69 Å². The summed E-state index contributed by atoms with van der Waals surface area (Å²) in [6.07, 6.45) is 0.237. The van der Waals surface area contributed by atoms with Crippen LogP contribution in [0.5, 0.6) is 0 Å². The van der Waals surface area contributed by atoms with Crippen LogP contribution in [0, 0.1) is 6.92 Å². The quantitative estimate of drug-likeness (QED) is 0.529. The second kappa shape index (κ2) is 9.00. The molecule has 0 radical (unpaired) electrons. The van der Waals surface area contributed by atoms with E-state index in [0.29, 0.717) is 5.69 Å². The number of carbonyl (C=O) groups excluding carboxylic acids is 1. The summed E-state index contributed by atoms with van der Waals surface area (Å²) in [6.45, 7) is 1.95. The molecule has 3 rings (SSSR count). The van der Waals surface area contributed by atoms with Crippen LogP contribution in [0.2, 0.25) is 0 Å². The van der Waals surface area contributed by atoms with Gasteiger partial charge in [-0.25, -0.2) is 8.42 Å². The number of hydrogen-bond donors (Lipinski definition) is 2. The van der Waals surface area contributed by atoms with Crippen molar-refractivity contribution in [3.05, 3.63) is 81.6 Å². The van der Waals surface area contributed by atoms with E-state index in [-0.39, 0.29) is 10.6 Å². The highest BCUT2D eigenvalue weighted by Crippen LogP contribution is 2.24. The lowest BCUT2D eigenvalue weighted by atomic mass is 10.1. The molecule has 0 spiro atoms. The van der Waals surface area contributed by atoms with Gasteiger partial charge in [0.1, 0.15) is 10.3 Å². The third-order valence-corrected chi connectivity index (χ3v) is 7.56. The van der Waals surface area contributed by atoms with E-state index >= 15 is 0 Å². The maximum atomic E-state index is 12.9. The van der Waals surface area contributed by atoms with Gasteiger partial charge in [-0.1, -0.05) is 42.5 Å². The molecule has 28 heavy (non-hydrogen) atoms. The van der Waals surface area contributed by atoms with Crippen molar-refractivity contribution in [2.24, 2.45) is 0 Å². The standard InChI is InChI=1S/C20H19BrN2O3S2/c1-14-9-10-17(16(21)12-14)22-20(24)18(13-15-6-3-2-4-7-15)23-28(25,26)19-8-5-11-27-19/h2-12,18,23H,13H2,1H3,(H,22,24)/t18-/m1/s1. The number of halogens is 1. The molecule has 8 heteroatoms. The molecule has 2 aromatic carbocycles. The second-order valence-corrected chi connectivity index (χ2v) is 10.0. The Morgan fingerprint density at radius 2 is 1.86 bits per heavy atom. The summed E-state index contributed by atoms with van der Waals surface area (Å²) in [7, 11) is -3.79. The van der Waals surface area contributed by atoms with Crippen LogP contribution in [0.3, 0.4) is 0 Å². The summed E-state index contributed by atoms with van der Waals surface area (Å²) < 4.78 is 28.8. The molecule has 0 fully saturated rings. The van der Waals surface area contributed by atoms with Gasteiger partial charge in [-0.15, -0.1) is 11.3 Å². The average molecular weight is 479 g/mol. The fourth-order valence-corrected chi connectivity index (χ4v) is 5.44. The summed E-state index contributed by atoms with van der Waals surface area (Å²) in [6, 6.07) is 17.1. The molecule has 0 aliphatic carbocycles. The Bertz CT molecular complexity index is 1050. The molecular weight excluding hydrogens is 460 g/mol. The van der Waals surface area contributed by atoms with Crippen molar-refractivity contribution >= 4 is 48.9 Å². The zero-order valence-corrected chi connectivity index (χ0v) is 18.3. The summed E-state index contributed by atoms with van der Waals surface area (Å²) >= 11 is 4.54. The Morgan fingerprint density at radius 1 is 1.11 bits per heavy atom. The van der Waals surface area contributed by atoms with Crippen LogP contribution in [-0.2, 0) is 21.2 Å². The SMILES string of the molecule is Cc1ccc(NC(=O)[C@@H](Cc2ccccc2)NS(=O)(=O)c2cccs2)c(Br)c1. The molecule has 1 amide bonds. The first-order valence-corrected chi connectivity index (χ1v) is 11.7. The van der Waals surface area contributed by atoms with E-state index in [1.807, 2.05) is 49.4 Å².